The predicted molar refractivity (Wildman–Crippen MR) is 84.4 cm³/mol. The highest BCUT2D eigenvalue weighted by Crippen LogP contribution is 2.26. The van der Waals surface area contributed by atoms with Crippen LogP contribution in [0.25, 0.3) is 0 Å². The number of nitro benzene ring substituents is 1. The normalized spacial score (nSPS) is 10.3. The minimum Gasteiger partial charge on any atom is -0.496 e. The summed E-state index contributed by atoms with van der Waals surface area (Å²) in [6.45, 7) is 2.84. The van der Waals surface area contributed by atoms with Gasteiger partial charge in [-0.25, -0.2) is 0 Å². The van der Waals surface area contributed by atoms with Crippen molar-refractivity contribution < 1.29 is 14.5 Å². The lowest BCUT2D eigenvalue weighted by atomic mass is 10.1. The molecule has 0 radical (unpaired) electrons. The van der Waals surface area contributed by atoms with E-state index in [-0.39, 0.29) is 17.2 Å². The van der Waals surface area contributed by atoms with Gasteiger partial charge < -0.3 is 9.64 Å². The molecule has 0 unspecified atom stereocenters. The number of ether oxygens (including phenoxy) is 1. The van der Waals surface area contributed by atoms with Gasteiger partial charge >= 0.3 is 0 Å². The van der Waals surface area contributed by atoms with Crippen molar-refractivity contribution in [2.75, 3.05) is 13.7 Å². The number of benzene rings is 1. The van der Waals surface area contributed by atoms with Gasteiger partial charge in [0.2, 0.25) is 0 Å². The second kappa shape index (κ2) is 7.04. The van der Waals surface area contributed by atoms with E-state index in [2.05, 4.69) is 0 Å². The summed E-state index contributed by atoms with van der Waals surface area (Å²) in [6, 6.07) is 7.91. The molecule has 0 spiro atoms. The maximum atomic E-state index is 12.7. The molecule has 22 heavy (non-hydrogen) atoms. The van der Waals surface area contributed by atoms with E-state index in [4.69, 9.17) is 4.74 Å². The van der Waals surface area contributed by atoms with Crippen LogP contribution in [-0.2, 0) is 6.54 Å². The second-order valence-electron chi connectivity index (χ2n) is 4.54. The van der Waals surface area contributed by atoms with E-state index in [1.165, 1.54) is 25.3 Å². The second-order valence-corrected chi connectivity index (χ2v) is 5.57. The number of hydrogen-bond donors (Lipinski definition) is 0. The van der Waals surface area contributed by atoms with Crippen LogP contribution in [0.5, 0.6) is 5.75 Å². The molecule has 0 bridgehead atoms. The van der Waals surface area contributed by atoms with E-state index >= 15 is 0 Å². The van der Waals surface area contributed by atoms with Gasteiger partial charge in [-0.2, -0.15) is 0 Å². The molecule has 0 aliphatic carbocycles. The van der Waals surface area contributed by atoms with Crippen molar-refractivity contribution >= 4 is 22.9 Å². The van der Waals surface area contributed by atoms with Gasteiger partial charge in [0.25, 0.3) is 11.6 Å². The van der Waals surface area contributed by atoms with E-state index < -0.39 is 4.92 Å². The summed E-state index contributed by atoms with van der Waals surface area (Å²) in [5.74, 6) is 0.0525. The minimum atomic E-state index is -0.522. The number of nitro groups is 1. The summed E-state index contributed by atoms with van der Waals surface area (Å²) in [4.78, 5) is 25.8. The Kier molecular flexibility index (Phi) is 5.11. The highest BCUT2D eigenvalue weighted by Gasteiger charge is 2.22. The van der Waals surface area contributed by atoms with Crippen molar-refractivity contribution in [3.63, 3.8) is 0 Å². The standard InChI is InChI=1S/C15H16N2O4S/c1-3-16(10-12-5-4-8-22-12)15(18)13-9-11(17(19)20)6-7-14(13)21-2/h4-9H,3,10H2,1-2H3. The Balaban J connectivity index is 2.33. The predicted octanol–water partition coefficient (Wildman–Crippen LogP) is 3.33. The average molecular weight is 320 g/mol. The lowest BCUT2D eigenvalue weighted by molar-refractivity contribution is -0.384. The van der Waals surface area contributed by atoms with E-state index in [1.807, 2.05) is 24.4 Å². The molecule has 1 heterocycles. The van der Waals surface area contributed by atoms with Gasteiger partial charge in [-0.3, -0.25) is 14.9 Å². The van der Waals surface area contributed by atoms with Crippen molar-refractivity contribution in [1.82, 2.24) is 4.90 Å². The summed E-state index contributed by atoms with van der Waals surface area (Å²) in [5.41, 5.74) is 0.0754. The first-order valence-electron chi connectivity index (χ1n) is 6.71. The van der Waals surface area contributed by atoms with Crippen LogP contribution in [0, 0.1) is 10.1 Å². The minimum absolute atomic E-state index is 0.128. The molecule has 0 aliphatic rings. The summed E-state index contributed by atoms with van der Waals surface area (Å²) in [5, 5.41) is 12.9. The smallest absolute Gasteiger partial charge is 0.270 e. The van der Waals surface area contributed by atoms with Crippen LogP contribution < -0.4 is 4.74 Å². The molecular weight excluding hydrogens is 304 g/mol. The van der Waals surface area contributed by atoms with Gasteiger partial charge in [0.05, 0.1) is 24.1 Å². The third kappa shape index (κ3) is 3.43. The Morgan fingerprint density at radius 2 is 2.18 bits per heavy atom. The lowest BCUT2D eigenvalue weighted by Gasteiger charge is -2.21. The molecule has 1 aromatic carbocycles. The van der Waals surface area contributed by atoms with Gasteiger partial charge in [0.1, 0.15) is 5.75 Å². The first-order chi connectivity index (χ1) is 10.6. The van der Waals surface area contributed by atoms with Gasteiger partial charge in [-0.1, -0.05) is 6.07 Å². The monoisotopic (exact) mass is 320 g/mol. The van der Waals surface area contributed by atoms with E-state index in [1.54, 1.807) is 16.2 Å². The van der Waals surface area contributed by atoms with Gasteiger partial charge in [-0.15, -0.1) is 11.3 Å². The summed E-state index contributed by atoms with van der Waals surface area (Å²) < 4.78 is 5.16. The number of rotatable bonds is 6. The highest BCUT2D eigenvalue weighted by atomic mass is 32.1. The number of nitrogens with zero attached hydrogens (tertiary/aromatic N) is 2. The summed E-state index contributed by atoms with van der Waals surface area (Å²) in [6.07, 6.45) is 0. The first-order valence-corrected chi connectivity index (χ1v) is 7.58. The van der Waals surface area contributed by atoms with E-state index in [0.29, 0.717) is 18.8 Å². The van der Waals surface area contributed by atoms with Gasteiger partial charge in [0.15, 0.2) is 0 Å². The fourth-order valence-corrected chi connectivity index (χ4v) is 2.78. The molecule has 116 valence electrons. The fraction of sp³-hybridized carbons (Fsp3) is 0.267. The molecule has 0 saturated heterocycles. The first kappa shape index (κ1) is 16.0. The van der Waals surface area contributed by atoms with Crippen LogP contribution in [0.1, 0.15) is 22.2 Å². The van der Waals surface area contributed by atoms with Crippen LogP contribution in [0.4, 0.5) is 5.69 Å². The molecule has 6 nitrogen and oxygen atoms in total. The molecule has 0 aliphatic heterocycles. The molecular formula is C15H16N2O4S. The van der Waals surface area contributed by atoms with Crippen molar-refractivity contribution in [2.45, 2.75) is 13.5 Å². The molecule has 0 fully saturated rings. The quantitative estimate of drug-likeness (QED) is 0.604. The fourth-order valence-electron chi connectivity index (χ4n) is 2.06. The number of hydrogen-bond acceptors (Lipinski definition) is 5. The van der Waals surface area contributed by atoms with Crippen molar-refractivity contribution in [1.29, 1.82) is 0 Å². The number of carbonyl (C=O) groups is 1. The molecule has 1 aromatic heterocycles. The van der Waals surface area contributed by atoms with Crippen molar-refractivity contribution in [3.8, 4) is 5.75 Å². The zero-order valence-corrected chi connectivity index (χ0v) is 13.1. The van der Waals surface area contributed by atoms with Crippen molar-refractivity contribution in [2.24, 2.45) is 0 Å². The number of thiophene rings is 1. The van der Waals surface area contributed by atoms with Crippen LogP contribution in [0.15, 0.2) is 35.7 Å². The Hall–Kier alpha value is -2.41. The van der Waals surface area contributed by atoms with E-state index in [9.17, 15) is 14.9 Å². The molecule has 2 aromatic rings. The Morgan fingerprint density at radius 3 is 2.73 bits per heavy atom. The maximum absolute atomic E-state index is 12.7. The molecule has 2 rings (SSSR count). The summed E-state index contributed by atoms with van der Waals surface area (Å²) >= 11 is 1.56. The van der Waals surface area contributed by atoms with E-state index in [0.717, 1.165) is 4.88 Å². The number of carbonyl (C=O) groups excluding carboxylic acids is 1. The number of methoxy groups -OCH3 is 1. The zero-order chi connectivity index (χ0) is 16.1. The molecule has 0 N–H and O–H groups in total. The Labute approximate surface area is 132 Å². The number of amides is 1. The molecule has 0 saturated carbocycles. The van der Waals surface area contributed by atoms with Gasteiger partial charge in [-0.05, 0) is 24.4 Å². The average Bonchev–Trinajstić information content (AvgIpc) is 3.04. The topological polar surface area (TPSA) is 72.7 Å². The van der Waals surface area contributed by atoms with Crippen molar-refractivity contribution in [3.05, 3.63) is 56.3 Å². The maximum Gasteiger partial charge on any atom is 0.270 e. The van der Waals surface area contributed by atoms with Crippen LogP contribution in [0.2, 0.25) is 0 Å². The van der Waals surface area contributed by atoms with Crippen LogP contribution in [-0.4, -0.2) is 29.4 Å². The molecule has 7 heteroatoms. The Bertz CT molecular complexity index is 670. The third-order valence-electron chi connectivity index (χ3n) is 3.22. The summed E-state index contributed by atoms with van der Waals surface area (Å²) in [7, 11) is 1.44. The third-order valence-corrected chi connectivity index (χ3v) is 4.08. The zero-order valence-electron chi connectivity index (χ0n) is 12.3. The SMILES string of the molecule is CCN(Cc1cccs1)C(=O)c1cc([N+](=O)[O-])ccc1OC. The Morgan fingerprint density at radius 1 is 1.41 bits per heavy atom. The number of non-ortho nitro benzene ring substituents is 1. The largest absolute Gasteiger partial charge is 0.496 e. The highest BCUT2D eigenvalue weighted by molar-refractivity contribution is 7.09. The lowest BCUT2D eigenvalue weighted by Crippen LogP contribution is -2.30. The van der Waals surface area contributed by atoms with Crippen LogP contribution >= 0.6 is 11.3 Å². The van der Waals surface area contributed by atoms with Crippen LogP contribution in [0.3, 0.4) is 0 Å². The molecule has 1 amide bonds. The molecule has 0 atom stereocenters. The van der Waals surface area contributed by atoms with Gasteiger partial charge in [0, 0.05) is 23.6 Å².